The zero-order valence-corrected chi connectivity index (χ0v) is 15.1. The fraction of sp³-hybridized carbons (Fsp3) is 0.467. The number of benzene rings is 1. The highest BCUT2D eigenvalue weighted by Gasteiger charge is 2.43. The van der Waals surface area contributed by atoms with E-state index in [9.17, 15) is 18.6 Å². The highest BCUT2D eigenvalue weighted by atomic mass is 32.3. The lowest BCUT2D eigenvalue weighted by molar-refractivity contribution is -0.0230. The third-order valence-corrected chi connectivity index (χ3v) is 4.57. The van der Waals surface area contributed by atoms with Gasteiger partial charge < -0.3 is 19.7 Å². The first-order chi connectivity index (χ1) is 12.8. The number of aliphatic hydroxyl groups is 2. The van der Waals surface area contributed by atoms with Crippen LogP contribution >= 0.6 is 0 Å². The molecule has 0 saturated carbocycles. The molecule has 148 valence electrons. The summed E-state index contributed by atoms with van der Waals surface area (Å²) < 4.78 is 46.0. The van der Waals surface area contributed by atoms with E-state index < -0.39 is 41.4 Å². The number of hydrogen-bond acceptors (Lipinski definition) is 9. The van der Waals surface area contributed by atoms with Crippen LogP contribution in [0.5, 0.6) is 5.75 Å². The first-order valence-corrected chi connectivity index (χ1v) is 9.31. The van der Waals surface area contributed by atoms with Gasteiger partial charge in [0.2, 0.25) is 0 Å². The molecule has 1 aliphatic rings. The van der Waals surface area contributed by atoms with Crippen LogP contribution in [-0.4, -0.2) is 76.3 Å². The van der Waals surface area contributed by atoms with Crippen LogP contribution in [0.15, 0.2) is 30.5 Å². The number of nitrogens with zero attached hydrogens (tertiary/aromatic N) is 3. The van der Waals surface area contributed by atoms with Crippen LogP contribution in [0, 0.1) is 0 Å². The van der Waals surface area contributed by atoms with Crippen LogP contribution < -0.4 is 4.74 Å². The van der Waals surface area contributed by atoms with Crippen molar-refractivity contribution in [1.82, 2.24) is 15.0 Å². The third-order valence-electron chi connectivity index (χ3n) is 4.13. The summed E-state index contributed by atoms with van der Waals surface area (Å²) in [7, 11) is -3.10. The zero-order chi connectivity index (χ0) is 19.6. The molecular weight excluding hydrogens is 382 g/mol. The lowest BCUT2D eigenvalue weighted by Crippen LogP contribution is -2.35. The standard InChI is InChI=1S/C15H19N3O8S/c1-24-10-4-2-9(3-5-10)11-6-18(17-16-11)7-12-14(19)15(20)13(26-12)8-25-27(21,22)23/h2-6,12-15,19-20H,7-8H2,1H3,(H,21,22,23)/t12-,13+,14+,15+/m0/s1. The molecule has 3 N–H and O–H groups in total. The third kappa shape index (κ3) is 4.80. The van der Waals surface area contributed by atoms with Crippen molar-refractivity contribution < 1.29 is 36.8 Å². The summed E-state index contributed by atoms with van der Waals surface area (Å²) in [6.07, 6.45) is -2.99. The maximum Gasteiger partial charge on any atom is 0.397 e. The monoisotopic (exact) mass is 401 g/mol. The largest absolute Gasteiger partial charge is 0.497 e. The number of methoxy groups -OCH3 is 1. The molecule has 3 rings (SSSR count). The molecule has 0 unspecified atom stereocenters. The van der Waals surface area contributed by atoms with E-state index in [1.54, 1.807) is 25.4 Å². The van der Waals surface area contributed by atoms with Gasteiger partial charge in [0.05, 0.1) is 26.5 Å². The Morgan fingerprint density at radius 2 is 1.85 bits per heavy atom. The van der Waals surface area contributed by atoms with Gasteiger partial charge in [0.15, 0.2) is 0 Å². The molecule has 1 aromatic heterocycles. The summed E-state index contributed by atoms with van der Waals surface area (Å²) in [5.41, 5.74) is 1.41. The Bertz CT molecular complexity index is 869. The Balaban J connectivity index is 1.64. The molecule has 4 atom stereocenters. The summed E-state index contributed by atoms with van der Waals surface area (Å²) >= 11 is 0. The molecule has 0 radical (unpaired) electrons. The Morgan fingerprint density at radius 1 is 1.19 bits per heavy atom. The van der Waals surface area contributed by atoms with Crippen molar-refractivity contribution in [2.24, 2.45) is 0 Å². The SMILES string of the molecule is COc1ccc(-c2cn(C[C@@H]3O[C@H](COS(=O)(=O)O)[C@@H](O)[C@@H]3O)nn2)cc1. The summed E-state index contributed by atoms with van der Waals surface area (Å²) in [4.78, 5) is 0. The van der Waals surface area contributed by atoms with Gasteiger partial charge in [-0.15, -0.1) is 5.10 Å². The second-order valence-corrected chi connectivity index (χ2v) is 7.05. The predicted octanol–water partition coefficient (Wildman–Crippen LogP) is -0.738. The van der Waals surface area contributed by atoms with Crippen LogP contribution in [0.3, 0.4) is 0 Å². The molecule has 12 heteroatoms. The topological polar surface area (TPSA) is 153 Å². The van der Waals surface area contributed by atoms with Gasteiger partial charge in [-0.1, -0.05) is 5.21 Å². The van der Waals surface area contributed by atoms with E-state index in [4.69, 9.17) is 14.0 Å². The van der Waals surface area contributed by atoms with Crippen molar-refractivity contribution in [2.45, 2.75) is 31.0 Å². The summed E-state index contributed by atoms with van der Waals surface area (Å²) in [6, 6.07) is 7.21. The van der Waals surface area contributed by atoms with Crippen LogP contribution in [0.1, 0.15) is 0 Å². The van der Waals surface area contributed by atoms with Crippen LogP contribution in [-0.2, 0) is 25.9 Å². The molecule has 0 amide bonds. The normalized spacial score (nSPS) is 25.6. The molecule has 11 nitrogen and oxygen atoms in total. The zero-order valence-electron chi connectivity index (χ0n) is 14.2. The summed E-state index contributed by atoms with van der Waals surface area (Å²) in [5, 5.41) is 28.0. The van der Waals surface area contributed by atoms with E-state index in [1.165, 1.54) is 4.68 Å². The average Bonchev–Trinajstić information content (AvgIpc) is 3.20. The minimum absolute atomic E-state index is 0.0732. The van der Waals surface area contributed by atoms with Gasteiger partial charge in [0.25, 0.3) is 0 Å². The quantitative estimate of drug-likeness (QED) is 0.506. The molecule has 2 aromatic rings. The first-order valence-electron chi connectivity index (χ1n) is 7.95. The number of hydrogen-bond donors (Lipinski definition) is 3. The summed E-state index contributed by atoms with van der Waals surface area (Å²) in [5.74, 6) is 0.709. The van der Waals surface area contributed by atoms with E-state index in [2.05, 4.69) is 14.5 Å². The smallest absolute Gasteiger partial charge is 0.397 e. The van der Waals surface area contributed by atoms with Crippen LogP contribution in [0.25, 0.3) is 11.3 Å². The van der Waals surface area contributed by atoms with E-state index in [0.717, 1.165) is 5.56 Å². The number of ether oxygens (including phenoxy) is 2. The lowest BCUT2D eigenvalue weighted by atomic mass is 10.1. The molecule has 27 heavy (non-hydrogen) atoms. The molecule has 1 saturated heterocycles. The molecule has 0 aliphatic carbocycles. The molecule has 0 spiro atoms. The maximum absolute atomic E-state index is 10.6. The van der Waals surface area contributed by atoms with E-state index in [-0.39, 0.29) is 6.54 Å². The number of rotatable bonds is 7. The Morgan fingerprint density at radius 3 is 2.48 bits per heavy atom. The molecule has 1 aromatic carbocycles. The molecule has 1 aliphatic heterocycles. The molecular formula is C15H19N3O8S. The van der Waals surface area contributed by atoms with Crippen molar-refractivity contribution >= 4 is 10.4 Å². The Labute approximate surface area is 155 Å². The van der Waals surface area contributed by atoms with Gasteiger partial charge in [-0.2, -0.15) is 8.42 Å². The van der Waals surface area contributed by atoms with Crippen molar-refractivity contribution in [3.05, 3.63) is 30.5 Å². The van der Waals surface area contributed by atoms with Gasteiger partial charge in [0.1, 0.15) is 35.9 Å². The van der Waals surface area contributed by atoms with Gasteiger partial charge in [-0.3, -0.25) is 4.55 Å². The lowest BCUT2D eigenvalue weighted by Gasteiger charge is -2.13. The second-order valence-electron chi connectivity index (χ2n) is 5.96. The highest BCUT2D eigenvalue weighted by Crippen LogP contribution is 2.24. The minimum atomic E-state index is -4.67. The van der Waals surface area contributed by atoms with Gasteiger partial charge in [-0.05, 0) is 24.3 Å². The second kappa shape index (κ2) is 7.88. The first kappa shape index (κ1) is 19.7. The molecule has 2 heterocycles. The minimum Gasteiger partial charge on any atom is -0.497 e. The van der Waals surface area contributed by atoms with E-state index >= 15 is 0 Å². The maximum atomic E-state index is 10.6. The average molecular weight is 401 g/mol. The van der Waals surface area contributed by atoms with Crippen molar-refractivity contribution in [3.8, 4) is 17.0 Å². The van der Waals surface area contributed by atoms with Crippen molar-refractivity contribution in [2.75, 3.05) is 13.7 Å². The fourth-order valence-electron chi connectivity index (χ4n) is 2.73. The summed E-state index contributed by atoms with van der Waals surface area (Å²) in [6.45, 7) is -0.550. The predicted molar refractivity (Wildman–Crippen MR) is 90.2 cm³/mol. The van der Waals surface area contributed by atoms with Crippen LogP contribution in [0.2, 0.25) is 0 Å². The van der Waals surface area contributed by atoms with Gasteiger partial charge in [0, 0.05) is 5.56 Å². The Kier molecular flexibility index (Phi) is 5.74. The fourth-order valence-corrected chi connectivity index (χ4v) is 3.04. The van der Waals surface area contributed by atoms with Crippen LogP contribution in [0.4, 0.5) is 0 Å². The number of aliphatic hydroxyl groups excluding tert-OH is 2. The number of aromatic nitrogens is 3. The van der Waals surface area contributed by atoms with Crippen molar-refractivity contribution in [1.29, 1.82) is 0 Å². The van der Waals surface area contributed by atoms with E-state index in [1.807, 2.05) is 12.1 Å². The van der Waals surface area contributed by atoms with Gasteiger partial charge >= 0.3 is 10.4 Å². The molecule has 1 fully saturated rings. The molecule has 0 bridgehead atoms. The van der Waals surface area contributed by atoms with Gasteiger partial charge in [-0.25, -0.2) is 8.86 Å². The van der Waals surface area contributed by atoms with E-state index in [0.29, 0.717) is 11.4 Å². The Hall–Kier alpha value is -2.09. The van der Waals surface area contributed by atoms with Crippen molar-refractivity contribution in [3.63, 3.8) is 0 Å². The highest BCUT2D eigenvalue weighted by molar-refractivity contribution is 7.80.